The van der Waals surface area contributed by atoms with Gasteiger partial charge in [-0.05, 0) is 65.5 Å². The Balaban J connectivity index is 1.13. The average Bonchev–Trinajstić information content (AvgIpc) is 3.39. The van der Waals surface area contributed by atoms with Crippen molar-refractivity contribution in [2.75, 3.05) is 13.2 Å². The van der Waals surface area contributed by atoms with E-state index in [1.165, 1.54) is 102 Å². The second-order valence-electron chi connectivity index (χ2n) is 24.1. The molecule has 1 amide bonds. The molecule has 0 aliphatic heterocycles. The van der Waals surface area contributed by atoms with Crippen LogP contribution < -0.4 is 5.32 Å². The Kier molecular flexibility index (Phi) is 33.5. The summed E-state index contributed by atoms with van der Waals surface area (Å²) in [7, 11) is 0. The molecule has 6 aromatic rings. The molecule has 6 aromatic carbocycles. The van der Waals surface area contributed by atoms with Gasteiger partial charge < -0.3 is 38.8 Å². The zero-order chi connectivity index (χ0) is 59.7. The van der Waals surface area contributed by atoms with Crippen molar-refractivity contribution in [3.05, 3.63) is 215 Å². The summed E-state index contributed by atoms with van der Waals surface area (Å²) < 4.78 is 42.6. The largest absolute Gasteiger partial charge is 0.396 e. The number of aliphatic hydroxyl groups excluding tert-OH is 1. The summed E-state index contributed by atoms with van der Waals surface area (Å²) in [5.41, 5.74) is 6.61. The number of ether oxygens (including phenoxy) is 6. The van der Waals surface area contributed by atoms with Crippen LogP contribution in [0.2, 0.25) is 0 Å². The number of aryl methyl sites for hydroxylation is 1. The van der Waals surface area contributed by atoms with Gasteiger partial charge in [0.05, 0.1) is 64.0 Å². The predicted octanol–water partition coefficient (Wildman–Crippen LogP) is 17.6. The van der Waals surface area contributed by atoms with Gasteiger partial charge in [0.25, 0.3) is 0 Å². The number of rotatable bonds is 46. The van der Waals surface area contributed by atoms with Crippen LogP contribution in [0.3, 0.4) is 0 Å². The van der Waals surface area contributed by atoms with Crippen LogP contribution in [0.5, 0.6) is 0 Å². The van der Waals surface area contributed by atoms with Crippen LogP contribution >= 0.6 is 0 Å². The van der Waals surface area contributed by atoms with Gasteiger partial charge >= 0.3 is 0 Å². The molecule has 1 aliphatic carbocycles. The molecule has 0 bridgehead atoms. The number of carbonyl (C=O) groups is 1. The maximum atomic E-state index is 14.7. The lowest BCUT2D eigenvalue weighted by Gasteiger charge is -2.46. The van der Waals surface area contributed by atoms with E-state index >= 15 is 0 Å². The summed E-state index contributed by atoms with van der Waals surface area (Å²) in [5.74, 6) is -0.367. The first kappa shape index (κ1) is 68.0. The first-order valence-electron chi connectivity index (χ1n) is 33.4. The third kappa shape index (κ3) is 26.5. The number of carbonyl (C=O) groups excluding carboxylic acids is 1. The summed E-state index contributed by atoms with van der Waals surface area (Å²) in [6.07, 6.45) is 23.6. The van der Waals surface area contributed by atoms with E-state index in [1.54, 1.807) is 0 Å². The first-order chi connectivity index (χ1) is 42.6. The number of benzene rings is 6. The van der Waals surface area contributed by atoms with E-state index in [9.17, 15) is 9.90 Å². The topological polar surface area (TPSA) is 105 Å². The van der Waals surface area contributed by atoms with Crippen molar-refractivity contribution in [2.45, 2.75) is 237 Å². The van der Waals surface area contributed by atoms with Crippen molar-refractivity contribution in [1.29, 1.82) is 0 Å². The van der Waals surface area contributed by atoms with E-state index in [0.717, 1.165) is 72.8 Å². The molecule has 0 unspecified atom stereocenters. The van der Waals surface area contributed by atoms with Crippen LogP contribution in [0, 0.1) is 5.92 Å². The number of hydrogen-bond acceptors (Lipinski definition) is 8. The van der Waals surface area contributed by atoms with E-state index in [2.05, 4.69) is 115 Å². The van der Waals surface area contributed by atoms with Crippen molar-refractivity contribution in [2.24, 2.45) is 5.92 Å². The van der Waals surface area contributed by atoms with Gasteiger partial charge in [0, 0.05) is 18.9 Å². The molecule has 1 aliphatic rings. The van der Waals surface area contributed by atoms with E-state index in [1.807, 2.05) is 78.9 Å². The van der Waals surface area contributed by atoms with Crippen LogP contribution in [0.25, 0.3) is 0 Å². The molecule has 466 valence electrons. The second-order valence-corrected chi connectivity index (χ2v) is 24.1. The number of aliphatic hydroxyl groups is 1. The number of nitrogens with one attached hydrogen (secondary N) is 1. The standard InChI is InChI=1S/C77H105NO8/c1-2-3-4-5-6-7-8-9-10-14-17-38-53-71(81-57-64-43-28-20-29-44-64)75(84-59-66-47-32-22-33-48-66)70(78-73(80)54-39-18-15-12-11-13-16-25-40-63-41-26-19-27-42-63)62-82-72-55-69(56-79)74(83-58-65-45-30-21-31-46-65)77(86-61-68-51-36-24-37-52-68)76(72)85-60-67-49-34-23-35-50-67/h19-24,26-37,41-52,69-72,74-77,79H,2-18,25,38-40,53-62H2,1H3,(H,78,80)/t69-,70+,71-,72+,74+,75+,76+,77+/m1/s1. The SMILES string of the molecule is CCCCCCCCCCCCCC[C@@H](OCc1ccccc1)[C@@H](OCc1ccccc1)[C@H](CO[C@H]1C[C@H](CO)[C@H](OCc2ccccc2)[C@H](OCc2ccccc2)[C@H]1OCc1ccccc1)NC(=O)CCCCCCCCCCc1ccccc1. The van der Waals surface area contributed by atoms with Gasteiger partial charge in [-0.2, -0.15) is 0 Å². The normalized spacial score (nSPS) is 17.9. The van der Waals surface area contributed by atoms with Gasteiger partial charge in [-0.15, -0.1) is 0 Å². The second kappa shape index (κ2) is 42.4. The minimum Gasteiger partial charge on any atom is -0.396 e. The molecule has 9 nitrogen and oxygen atoms in total. The average molecular weight is 1170 g/mol. The molecule has 86 heavy (non-hydrogen) atoms. The zero-order valence-corrected chi connectivity index (χ0v) is 52.2. The zero-order valence-electron chi connectivity index (χ0n) is 52.2. The summed E-state index contributed by atoms with van der Waals surface area (Å²) in [6, 6.07) is 61.4. The summed E-state index contributed by atoms with van der Waals surface area (Å²) in [6.45, 7) is 3.98. The molecular formula is C77H105NO8. The highest BCUT2D eigenvalue weighted by Gasteiger charge is 2.48. The highest BCUT2D eigenvalue weighted by Crippen LogP contribution is 2.36. The minimum atomic E-state index is -0.626. The molecular weight excluding hydrogens is 1070 g/mol. The van der Waals surface area contributed by atoms with Crippen LogP contribution in [-0.4, -0.2) is 66.9 Å². The quantitative estimate of drug-likeness (QED) is 0.0364. The van der Waals surface area contributed by atoms with Crippen LogP contribution in [0.15, 0.2) is 182 Å². The van der Waals surface area contributed by atoms with Gasteiger partial charge in [-0.25, -0.2) is 0 Å². The number of unbranched alkanes of at least 4 members (excludes halogenated alkanes) is 18. The number of hydrogen-bond donors (Lipinski definition) is 2. The van der Waals surface area contributed by atoms with Gasteiger partial charge in [-0.1, -0.05) is 304 Å². The Bertz CT molecular complexity index is 2580. The van der Waals surface area contributed by atoms with Crippen molar-refractivity contribution in [3.63, 3.8) is 0 Å². The Hall–Kier alpha value is -5.49. The smallest absolute Gasteiger partial charge is 0.220 e. The highest BCUT2D eigenvalue weighted by molar-refractivity contribution is 5.76. The molecule has 9 heteroatoms. The molecule has 2 N–H and O–H groups in total. The molecule has 0 heterocycles. The molecule has 1 fully saturated rings. The van der Waals surface area contributed by atoms with E-state index < -0.39 is 36.6 Å². The highest BCUT2D eigenvalue weighted by atomic mass is 16.6. The Morgan fingerprint density at radius 2 is 0.814 bits per heavy atom. The molecule has 0 saturated heterocycles. The van der Waals surface area contributed by atoms with E-state index in [4.69, 9.17) is 28.4 Å². The van der Waals surface area contributed by atoms with Gasteiger partial charge in [0.2, 0.25) is 5.91 Å². The fourth-order valence-electron chi connectivity index (χ4n) is 12.1. The lowest BCUT2D eigenvalue weighted by Crippen LogP contribution is -2.59. The molecule has 0 spiro atoms. The Morgan fingerprint density at radius 3 is 1.28 bits per heavy atom. The number of amides is 1. The molecule has 0 aromatic heterocycles. The Labute approximate surface area is 518 Å². The first-order valence-corrected chi connectivity index (χ1v) is 33.4. The van der Waals surface area contributed by atoms with Crippen molar-refractivity contribution in [1.82, 2.24) is 5.32 Å². The summed E-state index contributed by atoms with van der Waals surface area (Å²) in [4.78, 5) is 14.7. The summed E-state index contributed by atoms with van der Waals surface area (Å²) in [5, 5.41) is 14.9. The van der Waals surface area contributed by atoms with Crippen LogP contribution in [-0.2, 0) is 72.7 Å². The monoisotopic (exact) mass is 1170 g/mol. The van der Waals surface area contributed by atoms with E-state index in [-0.39, 0.29) is 31.1 Å². The fourth-order valence-corrected chi connectivity index (χ4v) is 12.1. The fraction of sp³-hybridized carbons (Fsp3) is 0.519. The molecule has 1 saturated carbocycles. The van der Waals surface area contributed by atoms with E-state index in [0.29, 0.717) is 45.9 Å². The van der Waals surface area contributed by atoms with Crippen molar-refractivity contribution in [3.8, 4) is 0 Å². The minimum absolute atomic E-state index is 0.0211. The van der Waals surface area contributed by atoms with Gasteiger partial charge in [0.1, 0.15) is 18.3 Å². The lowest BCUT2D eigenvalue weighted by molar-refractivity contribution is -0.233. The summed E-state index contributed by atoms with van der Waals surface area (Å²) >= 11 is 0. The molecule has 7 rings (SSSR count). The lowest BCUT2D eigenvalue weighted by atomic mass is 9.80. The maximum absolute atomic E-state index is 14.7. The van der Waals surface area contributed by atoms with Crippen molar-refractivity contribution >= 4 is 5.91 Å². The Morgan fingerprint density at radius 1 is 0.430 bits per heavy atom. The van der Waals surface area contributed by atoms with Crippen LogP contribution in [0.4, 0.5) is 0 Å². The predicted molar refractivity (Wildman–Crippen MR) is 349 cm³/mol. The molecule has 8 atom stereocenters. The third-order valence-corrected chi connectivity index (χ3v) is 17.1. The maximum Gasteiger partial charge on any atom is 0.220 e. The van der Waals surface area contributed by atoms with Gasteiger partial charge in [-0.3, -0.25) is 4.79 Å². The van der Waals surface area contributed by atoms with Gasteiger partial charge in [0.15, 0.2) is 0 Å². The third-order valence-electron chi connectivity index (χ3n) is 17.1. The molecule has 0 radical (unpaired) electrons. The van der Waals surface area contributed by atoms with Crippen molar-refractivity contribution < 1.29 is 38.3 Å². The van der Waals surface area contributed by atoms with Crippen LogP contribution in [0.1, 0.15) is 188 Å².